The van der Waals surface area contributed by atoms with Gasteiger partial charge in [0.15, 0.2) is 0 Å². The summed E-state index contributed by atoms with van der Waals surface area (Å²) in [7, 11) is 0. The molecule has 1 aliphatic carbocycles. The smallest absolute Gasteiger partial charge is 0.304 e. The second kappa shape index (κ2) is 28.4. The first-order chi connectivity index (χ1) is 47.5. The molecule has 3 nitrogen and oxygen atoms in total. The van der Waals surface area contributed by atoms with Gasteiger partial charge in [-0.1, -0.05) is 255 Å². The molecular weight excluding hydrogens is 1350 g/mol. The zero-order valence-electron chi connectivity index (χ0n) is 53.4. The van der Waals surface area contributed by atoms with Crippen molar-refractivity contribution in [1.29, 1.82) is 0 Å². The molecule has 12 aromatic carbocycles. The van der Waals surface area contributed by atoms with Gasteiger partial charge in [-0.3, -0.25) is 0 Å². The zero-order chi connectivity index (χ0) is 64.0. The predicted octanol–water partition coefficient (Wildman–Crippen LogP) is 24.1. The van der Waals surface area contributed by atoms with Crippen LogP contribution in [0.3, 0.4) is 0 Å². The molecule has 0 N–H and O–H groups in total. The van der Waals surface area contributed by atoms with Gasteiger partial charge in [-0.2, -0.15) is 0 Å². The minimum Gasteiger partial charge on any atom is -0.304 e. The molecule has 0 amide bonds. The first kappa shape index (κ1) is 61.9. The summed E-state index contributed by atoms with van der Waals surface area (Å²) < 4.78 is 0. The maximum absolute atomic E-state index is 5.19. The van der Waals surface area contributed by atoms with Gasteiger partial charge in [-0.15, -0.1) is 106 Å². The van der Waals surface area contributed by atoms with Crippen LogP contribution in [0.15, 0.2) is 346 Å². The van der Waals surface area contributed by atoms with E-state index in [1.54, 1.807) is 0 Å². The summed E-state index contributed by atoms with van der Waals surface area (Å²) in [6.45, 7) is 0. The fourth-order valence-electron chi connectivity index (χ4n) is 14.5. The van der Waals surface area contributed by atoms with Crippen LogP contribution in [0.1, 0.15) is 53.7 Å². The number of benzene rings is 12. The molecule has 0 unspecified atom stereocenters. The van der Waals surface area contributed by atoms with Gasteiger partial charge in [0.2, 0.25) is 0 Å². The van der Waals surface area contributed by atoms with Crippen LogP contribution in [-0.4, -0.2) is 15.0 Å². The van der Waals surface area contributed by atoms with Crippen LogP contribution >= 0.6 is 0 Å². The largest absolute Gasteiger partial charge is 3.00 e. The van der Waals surface area contributed by atoms with Crippen molar-refractivity contribution in [3.63, 3.8) is 0 Å². The van der Waals surface area contributed by atoms with Crippen LogP contribution in [0.5, 0.6) is 0 Å². The zero-order valence-corrected chi connectivity index (χ0v) is 55.8. The number of hydrogen-bond acceptors (Lipinski definition) is 3. The fraction of sp³-hybridized carbons (Fsp3) is 0.0645. The van der Waals surface area contributed by atoms with E-state index in [4.69, 9.17) is 15.0 Å². The number of rotatable bonds is 15. The molecule has 1 fully saturated rings. The Morgan fingerprint density at radius 3 is 0.742 bits per heavy atom. The molecule has 15 aromatic rings. The van der Waals surface area contributed by atoms with Crippen molar-refractivity contribution in [2.45, 2.75) is 37.0 Å². The van der Waals surface area contributed by atoms with Gasteiger partial charge in [0.1, 0.15) is 0 Å². The summed E-state index contributed by atoms with van der Waals surface area (Å²) >= 11 is 0. The summed E-state index contributed by atoms with van der Waals surface area (Å²) in [6, 6.07) is 128. The molecule has 0 radical (unpaired) electrons. The van der Waals surface area contributed by atoms with Gasteiger partial charge in [0, 0.05) is 18.6 Å². The minimum absolute atomic E-state index is 0. The van der Waals surface area contributed by atoms with Gasteiger partial charge < -0.3 is 15.0 Å². The van der Waals surface area contributed by atoms with Crippen LogP contribution in [-0.2, 0) is 20.1 Å². The minimum atomic E-state index is 0. The van der Waals surface area contributed by atoms with Crippen molar-refractivity contribution in [2.24, 2.45) is 0 Å². The molecule has 1 aliphatic rings. The normalized spacial score (nSPS) is 14.3. The summed E-state index contributed by atoms with van der Waals surface area (Å²) in [4.78, 5) is 15.6. The van der Waals surface area contributed by atoms with Crippen LogP contribution in [0.2, 0.25) is 0 Å². The fourth-order valence-corrected chi connectivity index (χ4v) is 14.5. The van der Waals surface area contributed by atoms with Gasteiger partial charge in [-0.25, -0.2) is 0 Å². The molecule has 1 saturated carbocycles. The van der Waals surface area contributed by atoms with E-state index in [0.29, 0.717) is 0 Å². The van der Waals surface area contributed by atoms with Crippen molar-refractivity contribution in [1.82, 2.24) is 15.0 Å². The van der Waals surface area contributed by atoms with Crippen molar-refractivity contribution >= 4 is 0 Å². The Bertz CT molecular complexity index is 4680. The monoisotopic (exact) mass is 1420 g/mol. The second-order valence-corrected chi connectivity index (χ2v) is 25.2. The molecule has 0 bridgehead atoms. The van der Waals surface area contributed by atoms with E-state index in [-0.39, 0.29) is 37.9 Å². The number of pyridine rings is 3. The van der Waals surface area contributed by atoms with E-state index in [1.165, 1.54) is 66.8 Å². The van der Waals surface area contributed by atoms with Crippen LogP contribution in [0, 0.1) is 18.2 Å². The molecular formula is C93H66IrN3. The van der Waals surface area contributed by atoms with Gasteiger partial charge in [0.25, 0.3) is 0 Å². The molecule has 462 valence electrons. The van der Waals surface area contributed by atoms with E-state index in [1.807, 2.05) is 18.2 Å². The van der Waals surface area contributed by atoms with Crippen molar-refractivity contribution < 1.29 is 20.1 Å². The first-order valence-corrected chi connectivity index (χ1v) is 33.3. The molecule has 3 heterocycles. The Morgan fingerprint density at radius 1 is 0.216 bits per heavy atom. The molecule has 3 aromatic heterocycles. The van der Waals surface area contributed by atoms with Gasteiger partial charge >= 0.3 is 20.1 Å². The predicted molar refractivity (Wildman–Crippen MR) is 397 cm³/mol. The summed E-state index contributed by atoms with van der Waals surface area (Å²) in [5, 5.41) is 0. The van der Waals surface area contributed by atoms with Gasteiger partial charge in [-0.05, 0) is 172 Å². The van der Waals surface area contributed by atoms with Crippen LogP contribution < -0.4 is 0 Å². The summed E-state index contributed by atoms with van der Waals surface area (Å²) in [6.07, 6.45) is 9.13. The van der Waals surface area contributed by atoms with Crippen LogP contribution in [0.4, 0.5) is 0 Å². The van der Waals surface area contributed by atoms with E-state index in [2.05, 4.69) is 346 Å². The van der Waals surface area contributed by atoms with E-state index in [0.717, 1.165) is 103 Å². The van der Waals surface area contributed by atoms with Crippen molar-refractivity contribution in [3.05, 3.63) is 381 Å². The Labute approximate surface area is 583 Å². The number of hydrogen-bond donors (Lipinski definition) is 0. The quantitative estimate of drug-likeness (QED) is 0.0960. The third kappa shape index (κ3) is 13.4. The Morgan fingerprint density at radius 2 is 0.464 bits per heavy atom. The number of aromatic nitrogens is 3. The van der Waals surface area contributed by atoms with Gasteiger partial charge in [0.05, 0.1) is 0 Å². The second-order valence-electron chi connectivity index (χ2n) is 25.2. The summed E-state index contributed by atoms with van der Waals surface area (Å²) in [5.74, 6) is 0.655. The third-order valence-electron chi connectivity index (χ3n) is 19.3. The average molecular weight is 1420 g/mol. The maximum Gasteiger partial charge on any atom is 3.00 e. The van der Waals surface area contributed by atoms with Crippen molar-refractivity contribution in [3.8, 4) is 134 Å². The molecule has 0 spiro atoms. The Balaban J connectivity index is 0.00000770. The maximum atomic E-state index is 5.19. The SMILES string of the molecule is [Ir+3].[c-]1ccc(-c2cccc(-c3ccccc3)c2)cc1-c1ccc(-c2ccccc2C2CC(c3ccccc3-c3ccc(-c4[c-]ccc(-c5cccc(-c6ccccc6)c5)c4)nc3)CC(c3ccccc3-c3ccc(-c4[c-]ccc(-c5cccc(-c6ccccc6)c5)c4)nc3)C2)cn1. The van der Waals surface area contributed by atoms with E-state index >= 15 is 0 Å². The topological polar surface area (TPSA) is 38.7 Å². The molecule has 0 atom stereocenters. The van der Waals surface area contributed by atoms with E-state index in [9.17, 15) is 0 Å². The standard InChI is InChI=1S/C93H66N3.Ir/c1-4-22-64(23-5-1)67-28-16-31-70(52-67)73-34-19-37-76(55-73)91-49-46-79(61-94-91)85-40-10-13-43-88(85)82-58-83(89-44-14-11-41-86(89)80-47-50-92(95-62-80)77-38-20-35-74(56-77)71-32-17-29-68(53-71)65-24-6-2-7-25-65)60-84(59-82)90-45-15-12-42-87(90)81-48-51-93(96-63-81)78-39-21-36-75(57-78)72-33-18-30-69(54-72)66-26-8-3-9-27-66;/h1-36,40-57,61-63,82-84H,58-60H2;/q-3;+3. The molecule has 4 heteroatoms. The van der Waals surface area contributed by atoms with E-state index < -0.39 is 0 Å². The number of nitrogens with zero attached hydrogens (tertiary/aromatic N) is 3. The molecule has 0 aliphatic heterocycles. The molecule has 16 rings (SSSR count). The van der Waals surface area contributed by atoms with Crippen LogP contribution in [0.25, 0.3) is 134 Å². The average Bonchev–Trinajstić information content (AvgIpc) is 0.843. The third-order valence-corrected chi connectivity index (χ3v) is 19.3. The Hall–Kier alpha value is -11.3. The molecule has 0 saturated heterocycles. The Kier molecular flexibility index (Phi) is 18.1. The molecule has 97 heavy (non-hydrogen) atoms. The summed E-state index contributed by atoms with van der Waals surface area (Å²) in [5.41, 5.74) is 30.6. The first-order valence-electron chi connectivity index (χ1n) is 33.3. The van der Waals surface area contributed by atoms with Crippen molar-refractivity contribution in [2.75, 3.05) is 0 Å².